The first-order valence-corrected chi connectivity index (χ1v) is 3.15. The molecule has 1 amide bonds. The Morgan fingerprint density at radius 2 is 2.10 bits per heavy atom. The molecule has 0 rings (SSSR count). The zero-order chi connectivity index (χ0) is 7.98. The minimum absolute atomic E-state index is 0.422. The smallest absolute Gasteiger partial charge is 0.312 e. The van der Waals surface area contributed by atoms with E-state index < -0.39 is 18.3 Å². The summed E-state index contributed by atoms with van der Waals surface area (Å²) >= 11 is 0. The van der Waals surface area contributed by atoms with E-state index in [-0.39, 0.29) is 0 Å². The lowest BCUT2D eigenvalue weighted by Gasteiger charge is -1.98. The van der Waals surface area contributed by atoms with Crippen molar-refractivity contribution in [3.05, 3.63) is 0 Å². The van der Waals surface area contributed by atoms with Gasteiger partial charge >= 0.3 is 5.97 Å². The molecule has 0 aromatic rings. The van der Waals surface area contributed by atoms with E-state index in [0.717, 1.165) is 6.42 Å². The van der Waals surface area contributed by atoms with Crippen molar-refractivity contribution in [3.63, 3.8) is 0 Å². The third-order valence-electron chi connectivity index (χ3n) is 0.884. The fourth-order valence-corrected chi connectivity index (χ4v) is 0.464. The van der Waals surface area contributed by atoms with Gasteiger partial charge < -0.3 is 10.4 Å². The number of carbonyl (C=O) groups excluding carboxylic acids is 1. The largest absolute Gasteiger partial charge is 0.481 e. The number of hydrogen-bond acceptors (Lipinski definition) is 2. The van der Waals surface area contributed by atoms with Crippen LogP contribution in [0.25, 0.3) is 0 Å². The molecule has 4 heteroatoms. The summed E-state index contributed by atoms with van der Waals surface area (Å²) in [5.74, 6) is -1.51. The maximum absolute atomic E-state index is 10.5. The molecule has 0 bridgehead atoms. The van der Waals surface area contributed by atoms with E-state index in [2.05, 4.69) is 5.32 Å². The summed E-state index contributed by atoms with van der Waals surface area (Å²) in [6.07, 6.45) is 0.394. The minimum Gasteiger partial charge on any atom is -0.481 e. The highest BCUT2D eigenvalue weighted by molar-refractivity contribution is 5.93. The standard InChI is InChI=1S/C6H11NO3/c1-2-3-7-5(8)4-6(9)10/h2-4H2,1H3,(H,7,8)(H,9,10). The number of carbonyl (C=O) groups is 2. The molecule has 0 unspecified atom stereocenters. The van der Waals surface area contributed by atoms with Gasteiger partial charge in [0.25, 0.3) is 0 Å². The highest BCUT2D eigenvalue weighted by atomic mass is 16.4. The second kappa shape index (κ2) is 4.78. The quantitative estimate of drug-likeness (QED) is 0.546. The Morgan fingerprint density at radius 3 is 2.50 bits per heavy atom. The van der Waals surface area contributed by atoms with Crippen LogP contribution in [-0.4, -0.2) is 23.5 Å². The first-order valence-electron chi connectivity index (χ1n) is 3.15. The van der Waals surface area contributed by atoms with Gasteiger partial charge in [-0.15, -0.1) is 0 Å². The number of hydrogen-bond donors (Lipinski definition) is 2. The molecule has 0 heterocycles. The van der Waals surface area contributed by atoms with Crippen LogP contribution in [0.2, 0.25) is 0 Å². The molecule has 0 atom stereocenters. The van der Waals surface area contributed by atoms with Crippen LogP contribution in [0, 0.1) is 0 Å². The first-order chi connectivity index (χ1) is 4.66. The summed E-state index contributed by atoms with van der Waals surface area (Å²) in [6, 6.07) is 0. The predicted molar refractivity (Wildman–Crippen MR) is 35.6 cm³/mol. The van der Waals surface area contributed by atoms with E-state index >= 15 is 0 Å². The summed E-state index contributed by atoms with van der Waals surface area (Å²) in [4.78, 5) is 20.4. The molecule has 0 aliphatic rings. The van der Waals surface area contributed by atoms with Gasteiger partial charge in [0, 0.05) is 6.54 Å². The Hall–Kier alpha value is -1.06. The van der Waals surface area contributed by atoms with Crippen LogP contribution < -0.4 is 5.32 Å². The van der Waals surface area contributed by atoms with Crippen LogP contribution in [0.1, 0.15) is 19.8 Å². The van der Waals surface area contributed by atoms with Gasteiger partial charge in [-0.3, -0.25) is 9.59 Å². The predicted octanol–water partition coefficient (Wildman–Crippen LogP) is -0.0127. The van der Waals surface area contributed by atoms with Gasteiger partial charge in [-0.1, -0.05) is 6.92 Å². The van der Waals surface area contributed by atoms with Crippen molar-refractivity contribution in [2.75, 3.05) is 6.54 Å². The molecule has 0 aliphatic carbocycles. The molecule has 10 heavy (non-hydrogen) atoms. The van der Waals surface area contributed by atoms with Gasteiger partial charge in [0.15, 0.2) is 0 Å². The number of amides is 1. The van der Waals surface area contributed by atoms with Crippen LogP contribution in [0.5, 0.6) is 0 Å². The Balaban J connectivity index is 3.35. The molecule has 4 nitrogen and oxygen atoms in total. The summed E-state index contributed by atoms with van der Waals surface area (Å²) in [7, 11) is 0. The van der Waals surface area contributed by atoms with E-state index in [4.69, 9.17) is 5.11 Å². The summed E-state index contributed by atoms with van der Waals surface area (Å²) in [6.45, 7) is 2.45. The highest BCUT2D eigenvalue weighted by Crippen LogP contribution is 1.79. The van der Waals surface area contributed by atoms with E-state index in [9.17, 15) is 9.59 Å². The van der Waals surface area contributed by atoms with Gasteiger partial charge in [-0.2, -0.15) is 0 Å². The zero-order valence-electron chi connectivity index (χ0n) is 5.89. The summed E-state index contributed by atoms with van der Waals surface area (Å²) < 4.78 is 0. The van der Waals surface area contributed by atoms with Crippen molar-refractivity contribution >= 4 is 11.9 Å². The lowest BCUT2D eigenvalue weighted by Crippen LogP contribution is -2.25. The van der Waals surface area contributed by atoms with Crippen LogP contribution in [0.4, 0.5) is 0 Å². The summed E-state index contributed by atoms with van der Waals surface area (Å²) in [5.41, 5.74) is 0. The molecule has 0 fully saturated rings. The number of nitrogens with one attached hydrogen (secondary N) is 1. The highest BCUT2D eigenvalue weighted by Gasteiger charge is 2.04. The molecule has 0 saturated heterocycles. The van der Waals surface area contributed by atoms with Crippen molar-refractivity contribution in [1.29, 1.82) is 0 Å². The van der Waals surface area contributed by atoms with Crippen LogP contribution in [-0.2, 0) is 9.59 Å². The Morgan fingerprint density at radius 1 is 1.50 bits per heavy atom. The molecular weight excluding hydrogens is 134 g/mol. The Kier molecular flexibility index (Phi) is 4.28. The molecular formula is C6H11NO3. The topological polar surface area (TPSA) is 66.4 Å². The number of carboxylic acids is 1. The van der Waals surface area contributed by atoms with Gasteiger partial charge in [0.2, 0.25) is 5.91 Å². The molecule has 0 saturated carbocycles. The Labute approximate surface area is 59.2 Å². The van der Waals surface area contributed by atoms with E-state index in [1.54, 1.807) is 0 Å². The zero-order valence-corrected chi connectivity index (χ0v) is 5.89. The fourth-order valence-electron chi connectivity index (χ4n) is 0.464. The van der Waals surface area contributed by atoms with Crippen molar-refractivity contribution in [2.45, 2.75) is 19.8 Å². The maximum atomic E-state index is 10.5. The normalized spacial score (nSPS) is 8.90. The number of carboxylic acid groups (broad SMARTS) is 1. The van der Waals surface area contributed by atoms with Crippen LogP contribution in [0.3, 0.4) is 0 Å². The lowest BCUT2D eigenvalue weighted by molar-refractivity contribution is -0.140. The van der Waals surface area contributed by atoms with Crippen molar-refractivity contribution < 1.29 is 14.7 Å². The second-order valence-corrected chi connectivity index (χ2v) is 1.92. The number of rotatable bonds is 4. The third kappa shape index (κ3) is 5.08. The van der Waals surface area contributed by atoms with Crippen molar-refractivity contribution in [1.82, 2.24) is 5.32 Å². The first kappa shape index (κ1) is 8.94. The van der Waals surface area contributed by atoms with Gasteiger partial charge in [-0.25, -0.2) is 0 Å². The molecule has 2 N–H and O–H groups in total. The molecule has 58 valence electrons. The minimum atomic E-state index is -1.09. The van der Waals surface area contributed by atoms with Gasteiger partial charge in [0.1, 0.15) is 6.42 Å². The monoisotopic (exact) mass is 145 g/mol. The molecule has 0 aromatic heterocycles. The molecule has 0 spiro atoms. The third-order valence-corrected chi connectivity index (χ3v) is 0.884. The van der Waals surface area contributed by atoms with Crippen LogP contribution >= 0.6 is 0 Å². The van der Waals surface area contributed by atoms with Gasteiger partial charge in [-0.05, 0) is 6.42 Å². The molecule has 0 radical (unpaired) electrons. The van der Waals surface area contributed by atoms with Crippen LogP contribution in [0.15, 0.2) is 0 Å². The van der Waals surface area contributed by atoms with Gasteiger partial charge in [0.05, 0.1) is 0 Å². The fraction of sp³-hybridized carbons (Fsp3) is 0.667. The van der Waals surface area contributed by atoms with E-state index in [1.807, 2.05) is 6.92 Å². The van der Waals surface area contributed by atoms with E-state index in [0.29, 0.717) is 6.54 Å². The average molecular weight is 145 g/mol. The SMILES string of the molecule is CCCNC(=O)CC(=O)O. The maximum Gasteiger partial charge on any atom is 0.312 e. The second-order valence-electron chi connectivity index (χ2n) is 1.92. The van der Waals surface area contributed by atoms with Crippen molar-refractivity contribution in [3.8, 4) is 0 Å². The Bertz CT molecular complexity index is 133. The number of aliphatic carboxylic acids is 1. The molecule has 0 aliphatic heterocycles. The molecule has 0 aromatic carbocycles. The summed E-state index contributed by atoms with van der Waals surface area (Å²) in [5, 5.41) is 10.6. The van der Waals surface area contributed by atoms with Crippen molar-refractivity contribution in [2.24, 2.45) is 0 Å². The average Bonchev–Trinajstić information content (AvgIpc) is 1.82. The van der Waals surface area contributed by atoms with E-state index in [1.165, 1.54) is 0 Å². The lowest BCUT2D eigenvalue weighted by atomic mass is 10.4.